The summed E-state index contributed by atoms with van der Waals surface area (Å²) in [6, 6.07) is 0. The zero-order chi connectivity index (χ0) is 20.3. The molecule has 1 aromatic heterocycles. The fraction of sp³-hybridized carbons (Fsp3) is 0.636. The third-order valence-corrected chi connectivity index (χ3v) is 2.22. The maximum atomic E-state index is 12.0. The van der Waals surface area contributed by atoms with Crippen LogP contribution in [0.2, 0.25) is 0 Å². The lowest BCUT2D eigenvalue weighted by molar-refractivity contribution is -0.141. The average molecular weight is 219 g/mol. The van der Waals surface area contributed by atoms with E-state index in [2.05, 4.69) is 4.98 Å². The van der Waals surface area contributed by atoms with E-state index in [1.165, 1.54) is 0 Å². The fourth-order valence-electron chi connectivity index (χ4n) is 1.44. The summed E-state index contributed by atoms with van der Waals surface area (Å²) >= 11 is 0. The van der Waals surface area contributed by atoms with Crippen LogP contribution >= 0.6 is 0 Å². The van der Waals surface area contributed by atoms with Gasteiger partial charge in [0.15, 0.2) is 0 Å². The van der Waals surface area contributed by atoms with Crippen LogP contribution in [0.15, 0.2) is 12.5 Å². The Balaban J connectivity index is 2.53. The van der Waals surface area contributed by atoms with Crippen LogP contribution in [-0.2, 0) is 22.9 Å². The number of hydrogen-bond donors (Lipinski definition) is 0. The average Bonchev–Trinajstić information content (AvgIpc) is 2.89. The van der Waals surface area contributed by atoms with Gasteiger partial charge in [0.1, 0.15) is 1.37 Å². The predicted molar refractivity (Wildman–Crippen MR) is 55.1 cm³/mol. The van der Waals surface area contributed by atoms with Crippen LogP contribution in [0.4, 0.5) is 0 Å². The van der Waals surface area contributed by atoms with Crippen LogP contribution in [0.1, 0.15) is 34.0 Å². The van der Waals surface area contributed by atoms with Gasteiger partial charge in [-0.25, -0.2) is 4.98 Å². The molecule has 0 unspecified atom stereocenters. The van der Waals surface area contributed by atoms with E-state index in [1.54, 1.807) is 0 Å². The Hall–Kier alpha value is -1.32. The van der Waals surface area contributed by atoms with Gasteiger partial charge in [0.2, 0.25) is 0 Å². The molecular formula is C11H16N2O2. The molecule has 1 saturated heterocycles. The molecular weight excluding hydrogens is 192 g/mol. The van der Waals surface area contributed by atoms with E-state index in [0.29, 0.717) is 4.57 Å². The SMILES string of the molecule is [2H]c1nc([2H])n(C([2H])([2H])[2H])c1C[C@H]1COC(=O)[C@@]1([2H])C([2H])([2H])C([2H])([2H])[2H]. The molecule has 2 rings (SSSR count). The molecule has 2 atom stereocenters. The zero-order valence-electron chi connectivity index (χ0n) is 18.7. The van der Waals surface area contributed by atoms with Gasteiger partial charge in [-0.3, -0.25) is 4.79 Å². The van der Waals surface area contributed by atoms with Crippen molar-refractivity contribution in [1.82, 2.24) is 9.55 Å². The third kappa shape index (κ3) is 1.89. The second-order valence-electron chi connectivity index (χ2n) is 3.14. The van der Waals surface area contributed by atoms with Gasteiger partial charge >= 0.3 is 5.97 Å². The molecule has 0 radical (unpaired) electrons. The zero-order valence-corrected chi connectivity index (χ0v) is 7.70. The summed E-state index contributed by atoms with van der Waals surface area (Å²) < 4.78 is 88.8. The molecule has 4 heteroatoms. The molecule has 0 spiro atoms. The van der Waals surface area contributed by atoms with Crippen LogP contribution in [-0.4, -0.2) is 22.1 Å². The van der Waals surface area contributed by atoms with Crippen molar-refractivity contribution in [1.29, 1.82) is 0 Å². The number of ether oxygens (including phenoxy) is 1. The van der Waals surface area contributed by atoms with E-state index in [0.717, 1.165) is 0 Å². The minimum atomic E-state index is -3.31. The van der Waals surface area contributed by atoms with Crippen molar-refractivity contribution in [3.63, 3.8) is 0 Å². The van der Waals surface area contributed by atoms with Crippen molar-refractivity contribution in [2.45, 2.75) is 19.6 Å². The third-order valence-electron chi connectivity index (χ3n) is 2.22. The summed E-state index contributed by atoms with van der Waals surface area (Å²) in [6.07, 6.45) is -5.13. The number of aromatic nitrogens is 2. The summed E-state index contributed by atoms with van der Waals surface area (Å²) in [4.78, 5) is 15.5. The normalized spacial score (nSPS) is 43.9. The standard InChI is InChI=1S/C11H16N2O2/c1-3-10-8(6-15-11(10)14)4-9-5-12-7-13(9)2/h5,7-8,10H,3-4,6H2,1-2H3/t8-,10-/m0/s1/i1D3,2D3,3D2,5D,7D,10D. The van der Waals surface area contributed by atoms with E-state index in [9.17, 15) is 4.79 Å². The van der Waals surface area contributed by atoms with Crippen molar-refractivity contribution >= 4 is 5.97 Å². The van der Waals surface area contributed by atoms with Gasteiger partial charge in [-0.2, -0.15) is 0 Å². The van der Waals surface area contributed by atoms with Gasteiger partial charge in [-0.1, -0.05) is 6.85 Å². The van der Waals surface area contributed by atoms with Gasteiger partial charge in [-0.15, -0.1) is 0 Å². The molecule has 0 amide bonds. The summed E-state index contributed by atoms with van der Waals surface area (Å²) in [5.41, 5.74) is -0.323. The number of imidazole rings is 1. The molecule has 0 saturated carbocycles. The van der Waals surface area contributed by atoms with E-state index in [1.807, 2.05) is 0 Å². The molecule has 1 aliphatic heterocycles. The Morgan fingerprint density at radius 2 is 2.93 bits per heavy atom. The maximum absolute atomic E-state index is 12.0. The molecule has 0 aliphatic carbocycles. The van der Waals surface area contributed by atoms with Gasteiger partial charge in [0, 0.05) is 37.1 Å². The predicted octanol–water partition coefficient (Wildman–Crippen LogP) is 1.16. The first-order valence-corrected chi connectivity index (χ1v) is 4.27. The van der Waals surface area contributed by atoms with E-state index in [-0.39, 0.29) is 5.69 Å². The lowest BCUT2D eigenvalue weighted by Crippen LogP contribution is -2.18. The van der Waals surface area contributed by atoms with Crippen LogP contribution in [0.3, 0.4) is 0 Å². The van der Waals surface area contributed by atoms with Crippen LogP contribution in [0.5, 0.6) is 0 Å². The largest absolute Gasteiger partial charge is 0.465 e. The van der Waals surface area contributed by atoms with Crippen LogP contribution < -0.4 is 0 Å². The lowest BCUT2D eigenvalue weighted by atomic mass is 9.89. The Labute approximate surface area is 105 Å². The molecule has 2 heterocycles. The molecule has 1 fully saturated rings. The maximum Gasteiger partial charge on any atom is 0.309 e. The Morgan fingerprint density at radius 3 is 3.73 bits per heavy atom. The lowest BCUT2D eigenvalue weighted by Gasteiger charge is -2.12. The first-order valence-electron chi connectivity index (χ1n) is 9.77. The van der Waals surface area contributed by atoms with Crippen molar-refractivity contribution < 1.29 is 24.6 Å². The fourth-order valence-corrected chi connectivity index (χ4v) is 1.44. The van der Waals surface area contributed by atoms with Crippen molar-refractivity contribution in [3.8, 4) is 0 Å². The Morgan fingerprint density at radius 1 is 2.00 bits per heavy atom. The number of hydrogen-bond acceptors (Lipinski definition) is 3. The highest BCUT2D eigenvalue weighted by Crippen LogP contribution is 2.27. The first kappa shape index (κ1) is 3.34. The number of carbonyl (C=O) groups excluding carboxylic acids is 1. The first-order chi connectivity index (χ1) is 11.5. The molecule has 1 aromatic rings. The number of cyclic esters (lactones) is 1. The summed E-state index contributed by atoms with van der Waals surface area (Å²) in [7, 11) is 0. The molecule has 0 N–H and O–H groups in total. The number of carbonyl (C=O) groups is 1. The van der Waals surface area contributed by atoms with E-state index < -0.39 is 63.5 Å². The van der Waals surface area contributed by atoms with Gasteiger partial charge in [-0.05, 0) is 12.8 Å². The summed E-state index contributed by atoms with van der Waals surface area (Å²) in [6.45, 7) is -6.70. The Bertz CT molecular complexity index is 723. The van der Waals surface area contributed by atoms with Gasteiger partial charge < -0.3 is 9.30 Å². The molecule has 0 bridgehead atoms. The molecule has 1 aliphatic rings. The van der Waals surface area contributed by atoms with Crippen LogP contribution in [0.25, 0.3) is 0 Å². The van der Waals surface area contributed by atoms with E-state index >= 15 is 0 Å². The van der Waals surface area contributed by atoms with Crippen LogP contribution in [0, 0.1) is 11.8 Å². The quantitative estimate of drug-likeness (QED) is 0.717. The molecule has 0 aromatic carbocycles. The van der Waals surface area contributed by atoms with Gasteiger partial charge in [0.25, 0.3) is 0 Å². The molecule has 82 valence electrons. The monoisotopic (exact) mass is 219 g/mol. The summed E-state index contributed by atoms with van der Waals surface area (Å²) in [5.74, 6) is -5.59. The highest BCUT2D eigenvalue weighted by Gasteiger charge is 2.35. The number of nitrogens with zero attached hydrogens (tertiary/aromatic N) is 2. The smallest absolute Gasteiger partial charge is 0.309 e. The minimum Gasteiger partial charge on any atom is -0.465 e. The Kier molecular flexibility index (Phi) is 0.899. The second kappa shape index (κ2) is 4.04. The molecule has 4 nitrogen and oxygen atoms in total. The van der Waals surface area contributed by atoms with Gasteiger partial charge in [0.05, 0.1) is 20.2 Å². The van der Waals surface area contributed by atoms with E-state index in [4.69, 9.17) is 19.8 Å². The minimum absolute atomic E-state index is 0.323. The highest BCUT2D eigenvalue weighted by atomic mass is 16.5. The topological polar surface area (TPSA) is 44.1 Å². The second-order valence-corrected chi connectivity index (χ2v) is 3.14. The molecule has 15 heavy (non-hydrogen) atoms. The number of rotatable bonds is 3. The number of esters is 1. The van der Waals surface area contributed by atoms with Crippen molar-refractivity contribution in [3.05, 3.63) is 18.2 Å². The highest BCUT2D eigenvalue weighted by molar-refractivity contribution is 5.74. The summed E-state index contributed by atoms with van der Waals surface area (Å²) in [5, 5.41) is 0. The van der Waals surface area contributed by atoms with Crippen molar-refractivity contribution in [2.75, 3.05) is 6.61 Å². The van der Waals surface area contributed by atoms with Crippen molar-refractivity contribution in [2.24, 2.45) is 18.8 Å².